The van der Waals surface area contributed by atoms with Crippen LogP contribution in [-0.2, 0) is 23.2 Å². The van der Waals surface area contributed by atoms with Crippen LogP contribution in [0.2, 0.25) is 0 Å². The molecule has 0 saturated heterocycles. The predicted molar refractivity (Wildman–Crippen MR) is 122 cm³/mol. The lowest BCUT2D eigenvalue weighted by Crippen LogP contribution is -2.19. The first kappa shape index (κ1) is 19.4. The van der Waals surface area contributed by atoms with Crippen molar-refractivity contribution >= 4 is 50.7 Å². The van der Waals surface area contributed by atoms with Gasteiger partial charge in [0, 0.05) is 22.9 Å². The van der Waals surface area contributed by atoms with Crippen LogP contribution < -0.4 is 5.56 Å². The molecule has 5 aromatic rings. The smallest absolute Gasteiger partial charge is 0.331 e. The van der Waals surface area contributed by atoms with Crippen molar-refractivity contribution in [3.63, 3.8) is 0 Å². The van der Waals surface area contributed by atoms with E-state index < -0.39 is 5.97 Å². The molecule has 0 aliphatic heterocycles. The average Bonchev–Trinajstić information content (AvgIpc) is 3.54. The minimum absolute atomic E-state index is 0.0484. The van der Waals surface area contributed by atoms with E-state index >= 15 is 0 Å². The summed E-state index contributed by atoms with van der Waals surface area (Å²) >= 11 is 2.96. The van der Waals surface area contributed by atoms with Crippen LogP contribution in [0.1, 0.15) is 10.7 Å². The normalized spacial score (nSPS) is 11.6. The van der Waals surface area contributed by atoms with Crippen molar-refractivity contribution in [1.29, 1.82) is 0 Å². The Kier molecular flexibility index (Phi) is 4.97. The van der Waals surface area contributed by atoms with Crippen LogP contribution in [0.4, 0.5) is 0 Å². The second-order valence-corrected chi connectivity index (χ2v) is 8.79. The molecule has 0 radical (unpaired) electrons. The number of esters is 1. The van der Waals surface area contributed by atoms with Gasteiger partial charge in [0.05, 0.1) is 5.52 Å². The fourth-order valence-corrected chi connectivity index (χ4v) is 5.05. The summed E-state index contributed by atoms with van der Waals surface area (Å²) in [4.78, 5) is 26.7. The zero-order valence-electron chi connectivity index (χ0n) is 16.4. The number of hydrogen-bond acceptors (Lipinski definition) is 7. The molecule has 7 nitrogen and oxygen atoms in total. The molecule has 9 heteroatoms. The maximum atomic E-state index is 12.4. The maximum Gasteiger partial charge on any atom is 0.331 e. The molecule has 5 rings (SSSR count). The number of hydrogen-bond donors (Lipinski definition) is 0. The number of benzene rings is 1. The third-order valence-corrected chi connectivity index (χ3v) is 6.80. The molecule has 0 bridgehead atoms. The number of aromatic nitrogens is 4. The van der Waals surface area contributed by atoms with Gasteiger partial charge >= 0.3 is 5.97 Å². The quantitative estimate of drug-likeness (QED) is 0.298. The van der Waals surface area contributed by atoms with Gasteiger partial charge < -0.3 is 4.74 Å². The number of aryl methyl sites for hydroxylation is 1. The van der Waals surface area contributed by atoms with E-state index in [4.69, 9.17) is 4.74 Å². The van der Waals surface area contributed by atoms with E-state index in [9.17, 15) is 9.59 Å². The first-order valence-corrected chi connectivity index (χ1v) is 11.1. The van der Waals surface area contributed by atoms with Gasteiger partial charge in [0.25, 0.3) is 5.56 Å². The van der Waals surface area contributed by atoms with Crippen LogP contribution in [-0.4, -0.2) is 25.1 Å². The van der Waals surface area contributed by atoms with Crippen LogP contribution in [0.25, 0.3) is 32.5 Å². The number of fused-ring (bicyclic) bond motifs is 3. The van der Waals surface area contributed by atoms with Crippen LogP contribution in [0.5, 0.6) is 0 Å². The van der Waals surface area contributed by atoms with Gasteiger partial charge in [0.2, 0.25) is 5.78 Å². The standard InChI is InChI=1S/C22H16N4O3S2/c1-25-21(28)20-16(11-12-30-20)26-18(23-24-22(25)26)13-29-19(27)10-8-15-7-9-17(31-15)14-5-3-2-4-6-14/h2-12H,13H2,1H3. The SMILES string of the molecule is Cn1c(=O)c2sccc2n2c(COC(=O)C=Cc3ccc(-c4ccccc4)s3)nnc12. The molecular weight excluding hydrogens is 432 g/mol. The summed E-state index contributed by atoms with van der Waals surface area (Å²) in [7, 11) is 1.65. The summed E-state index contributed by atoms with van der Waals surface area (Å²) in [6.07, 6.45) is 3.14. The van der Waals surface area contributed by atoms with Gasteiger partial charge in [0.15, 0.2) is 12.4 Å². The lowest BCUT2D eigenvalue weighted by molar-refractivity contribution is -0.139. The molecule has 0 aliphatic rings. The molecule has 0 amide bonds. The molecule has 4 heterocycles. The summed E-state index contributed by atoms with van der Waals surface area (Å²) in [6, 6.07) is 15.9. The highest BCUT2D eigenvalue weighted by atomic mass is 32.1. The van der Waals surface area contributed by atoms with E-state index in [1.54, 1.807) is 28.9 Å². The number of ether oxygens (including phenoxy) is 1. The Balaban J connectivity index is 1.32. The van der Waals surface area contributed by atoms with Gasteiger partial charge in [-0.3, -0.25) is 13.8 Å². The molecule has 0 fully saturated rings. The monoisotopic (exact) mass is 448 g/mol. The van der Waals surface area contributed by atoms with Crippen molar-refractivity contribution < 1.29 is 9.53 Å². The molecule has 1 aromatic carbocycles. The molecule has 31 heavy (non-hydrogen) atoms. The second kappa shape index (κ2) is 7.93. The van der Waals surface area contributed by atoms with Crippen molar-refractivity contribution in [2.45, 2.75) is 6.61 Å². The highest BCUT2D eigenvalue weighted by molar-refractivity contribution is 7.17. The predicted octanol–water partition coefficient (Wildman–Crippen LogP) is 4.13. The number of thiophene rings is 2. The Morgan fingerprint density at radius 1 is 1.13 bits per heavy atom. The van der Waals surface area contributed by atoms with Crippen molar-refractivity contribution in [2.24, 2.45) is 7.05 Å². The van der Waals surface area contributed by atoms with E-state index in [-0.39, 0.29) is 12.2 Å². The summed E-state index contributed by atoms with van der Waals surface area (Å²) < 4.78 is 9.17. The fourth-order valence-electron chi connectivity index (χ4n) is 3.28. The van der Waals surface area contributed by atoms with Crippen LogP contribution in [0.3, 0.4) is 0 Å². The first-order valence-electron chi connectivity index (χ1n) is 9.42. The van der Waals surface area contributed by atoms with Gasteiger partial charge in [-0.05, 0) is 35.2 Å². The highest BCUT2D eigenvalue weighted by Crippen LogP contribution is 2.28. The number of nitrogens with zero attached hydrogens (tertiary/aromatic N) is 4. The van der Waals surface area contributed by atoms with Crippen LogP contribution in [0, 0.1) is 0 Å². The molecule has 154 valence electrons. The van der Waals surface area contributed by atoms with Gasteiger partial charge in [-0.1, -0.05) is 30.3 Å². The fraction of sp³-hybridized carbons (Fsp3) is 0.0909. The van der Waals surface area contributed by atoms with Gasteiger partial charge in [0.1, 0.15) is 4.70 Å². The molecule has 4 aromatic heterocycles. The molecule has 0 aliphatic carbocycles. The Morgan fingerprint density at radius 3 is 2.81 bits per heavy atom. The van der Waals surface area contributed by atoms with Gasteiger partial charge in [-0.15, -0.1) is 32.9 Å². The van der Waals surface area contributed by atoms with Crippen molar-refractivity contribution in [1.82, 2.24) is 19.2 Å². The van der Waals surface area contributed by atoms with Gasteiger partial charge in [-0.2, -0.15) is 0 Å². The summed E-state index contributed by atoms with van der Waals surface area (Å²) in [5.41, 5.74) is 1.73. The van der Waals surface area contributed by atoms with Crippen molar-refractivity contribution in [2.75, 3.05) is 0 Å². The van der Waals surface area contributed by atoms with Crippen LogP contribution >= 0.6 is 22.7 Å². The second-order valence-electron chi connectivity index (χ2n) is 6.76. The average molecular weight is 449 g/mol. The Morgan fingerprint density at radius 2 is 1.97 bits per heavy atom. The largest absolute Gasteiger partial charge is 0.454 e. The lowest BCUT2D eigenvalue weighted by Gasteiger charge is -2.05. The molecule has 0 N–H and O–H groups in total. The highest BCUT2D eigenvalue weighted by Gasteiger charge is 2.16. The number of carbonyl (C=O) groups is 1. The molecule has 0 spiro atoms. The van der Waals surface area contributed by atoms with Gasteiger partial charge in [-0.25, -0.2) is 4.79 Å². The van der Waals surface area contributed by atoms with Crippen molar-refractivity contribution in [3.8, 4) is 10.4 Å². The van der Waals surface area contributed by atoms with E-state index in [0.29, 0.717) is 21.8 Å². The van der Waals surface area contributed by atoms with E-state index in [0.717, 1.165) is 15.3 Å². The summed E-state index contributed by atoms with van der Waals surface area (Å²) in [6.45, 7) is -0.0484. The molecule has 0 saturated carbocycles. The minimum atomic E-state index is -0.474. The van der Waals surface area contributed by atoms with Crippen molar-refractivity contribution in [3.05, 3.63) is 81.0 Å². The Hall–Kier alpha value is -3.56. The third-order valence-electron chi connectivity index (χ3n) is 4.81. The minimum Gasteiger partial charge on any atom is -0.454 e. The lowest BCUT2D eigenvalue weighted by atomic mass is 10.2. The number of rotatable bonds is 5. The third kappa shape index (κ3) is 3.58. The summed E-state index contributed by atoms with van der Waals surface area (Å²) in [5.74, 6) is 0.389. The molecule has 0 atom stereocenters. The zero-order valence-corrected chi connectivity index (χ0v) is 18.0. The summed E-state index contributed by atoms with van der Waals surface area (Å²) in [5, 5.41) is 10.0. The van der Waals surface area contributed by atoms with E-state index in [2.05, 4.69) is 22.3 Å². The number of carbonyl (C=O) groups excluding carboxylic acids is 1. The molecular formula is C22H16N4O3S2. The Labute approximate surface area is 184 Å². The van der Waals surface area contributed by atoms with E-state index in [1.807, 2.05) is 41.8 Å². The molecule has 0 unspecified atom stereocenters. The van der Waals surface area contributed by atoms with E-state index in [1.165, 1.54) is 22.0 Å². The Bertz CT molecular complexity index is 1490. The first-order chi connectivity index (χ1) is 15.1. The topological polar surface area (TPSA) is 78.5 Å². The zero-order chi connectivity index (χ0) is 21.4. The van der Waals surface area contributed by atoms with Crippen LogP contribution in [0.15, 0.2) is 64.8 Å². The maximum absolute atomic E-state index is 12.4.